The summed E-state index contributed by atoms with van der Waals surface area (Å²) < 4.78 is 0. The van der Waals surface area contributed by atoms with E-state index in [1.165, 1.54) is 45.3 Å². The predicted octanol–water partition coefficient (Wildman–Crippen LogP) is 2.17. The summed E-state index contributed by atoms with van der Waals surface area (Å²) in [7, 11) is 4.49. The second-order valence-corrected chi connectivity index (χ2v) is 6.11. The third-order valence-corrected chi connectivity index (χ3v) is 4.48. The zero-order chi connectivity index (χ0) is 13.5. The lowest BCUT2D eigenvalue weighted by Gasteiger charge is -2.37. The Morgan fingerprint density at radius 2 is 1.89 bits per heavy atom. The smallest absolute Gasteiger partial charge is 0.0241 e. The van der Waals surface area contributed by atoms with Gasteiger partial charge in [-0.05, 0) is 58.8 Å². The second kappa shape index (κ2) is 8.13. The quantitative estimate of drug-likeness (QED) is 0.757. The van der Waals surface area contributed by atoms with Crippen LogP contribution >= 0.6 is 0 Å². The zero-order valence-electron chi connectivity index (χ0n) is 12.9. The fourth-order valence-corrected chi connectivity index (χ4v) is 3.25. The first-order chi connectivity index (χ1) is 8.58. The molecule has 2 unspecified atom stereocenters. The topological polar surface area (TPSA) is 32.5 Å². The molecule has 1 heterocycles. The molecule has 0 amide bonds. The summed E-state index contributed by atoms with van der Waals surface area (Å²) in [6, 6.07) is 0.904. The van der Waals surface area contributed by atoms with Gasteiger partial charge in [0.05, 0.1) is 0 Å². The van der Waals surface area contributed by atoms with Crippen molar-refractivity contribution in [2.75, 3.05) is 33.7 Å². The van der Waals surface area contributed by atoms with Gasteiger partial charge in [0.1, 0.15) is 0 Å². The number of nitrogens with zero attached hydrogens (tertiary/aromatic N) is 2. The molecule has 0 aliphatic carbocycles. The van der Waals surface area contributed by atoms with Crippen molar-refractivity contribution in [3.05, 3.63) is 0 Å². The summed E-state index contributed by atoms with van der Waals surface area (Å²) in [5, 5.41) is 0. The van der Waals surface area contributed by atoms with E-state index in [1.807, 2.05) is 0 Å². The third kappa shape index (κ3) is 4.87. The molecule has 108 valence electrons. The van der Waals surface area contributed by atoms with Crippen LogP contribution < -0.4 is 5.73 Å². The molecule has 1 fully saturated rings. The molecule has 0 spiro atoms. The second-order valence-electron chi connectivity index (χ2n) is 6.11. The maximum atomic E-state index is 6.32. The van der Waals surface area contributed by atoms with Gasteiger partial charge in [0.2, 0.25) is 0 Å². The molecule has 1 aliphatic rings. The summed E-state index contributed by atoms with van der Waals surface area (Å²) in [4.78, 5) is 4.97. The van der Waals surface area contributed by atoms with Gasteiger partial charge in [-0.15, -0.1) is 0 Å². The summed E-state index contributed by atoms with van der Waals surface area (Å²) in [6.45, 7) is 8.24. The van der Waals surface area contributed by atoms with Gasteiger partial charge in [-0.25, -0.2) is 0 Å². The van der Waals surface area contributed by atoms with Crippen LogP contribution in [0, 0.1) is 5.92 Å². The summed E-state index contributed by atoms with van der Waals surface area (Å²) >= 11 is 0. The first-order valence-corrected chi connectivity index (χ1v) is 7.72. The van der Waals surface area contributed by atoms with E-state index in [0.717, 1.165) is 12.3 Å². The van der Waals surface area contributed by atoms with Crippen molar-refractivity contribution in [1.82, 2.24) is 9.80 Å². The lowest BCUT2D eigenvalue weighted by Crippen LogP contribution is -2.48. The van der Waals surface area contributed by atoms with Crippen LogP contribution in [0.15, 0.2) is 0 Å². The summed E-state index contributed by atoms with van der Waals surface area (Å²) in [5.74, 6) is 0.870. The van der Waals surface area contributed by atoms with Gasteiger partial charge < -0.3 is 15.5 Å². The Morgan fingerprint density at radius 1 is 1.28 bits per heavy atom. The van der Waals surface area contributed by atoms with Gasteiger partial charge in [-0.3, -0.25) is 0 Å². The highest BCUT2D eigenvalue weighted by Gasteiger charge is 2.24. The Balaban J connectivity index is 2.39. The van der Waals surface area contributed by atoms with Crippen LogP contribution in [0.5, 0.6) is 0 Å². The Morgan fingerprint density at radius 3 is 2.39 bits per heavy atom. The number of rotatable bonds is 7. The van der Waals surface area contributed by atoms with E-state index in [9.17, 15) is 0 Å². The largest absolute Gasteiger partial charge is 0.326 e. The minimum absolute atomic E-state index is 0.344. The van der Waals surface area contributed by atoms with Gasteiger partial charge in [0.15, 0.2) is 0 Å². The van der Waals surface area contributed by atoms with Crippen LogP contribution in [0.3, 0.4) is 0 Å². The molecule has 2 N–H and O–H groups in total. The molecule has 3 nitrogen and oxygen atoms in total. The highest BCUT2D eigenvalue weighted by Crippen LogP contribution is 2.19. The molecule has 0 bridgehead atoms. The molecule has 1 rings (SSSR count). The maximum absolute atomic E-state index is 6.32. The van der Waals surface area contributed by atoms with Crippen molar-refractivity contribution in [2.24, 2.45) is 11.7 Å². The van der Waals surface area contributed by atoms with Crippen LogP contribution in [-0.2, 0) is 0 Å². The number of hydrogen-bond donors (Lipinski definition) is 1. The normalized spacial score (nSPS) is 22.3. The Labute approximate surface area is 114 Å². The summed E-state index contributed by atoms with van der Waals surface area (Å²) in [5.41, 5.74) is 6.32. The fraction of sp³-hybridized carbons (Fsp3) is 1.00. The minimum Gasteiger partial charge on any atom is -0.326 e. The highest BCUT2D eigenvalue weighted by molar-refractivity contribution is 4.82. The SMILES string of the molecule is CCCC(N)C(CC)N(C)CC1CCN(C)CC1. The molecular weight excluding hydrogens is 222 g/mol. The van der Waals surface area contributed by atoms with E-state index in [0.29, 0.717) is 12.1 Å². The molecule has 2 atom stereocenters. The van der Waals surface area contributed by atoms with E-state index in [2.05, 4.69) is 37.7 Å². The molecule has 0 aromatic rings. The first kappa shape index (κ1) is 15.9. The molecular formula is C15H33N3. The number of piperidine rings is 1. The number of likely N-dealkylation sites (N-methyl/N-ethyl adjacent to an activating group) is 1. The highest BCUT2D eigenvalue weighted by atomic mass is 15.2. The average Bonchev–Trinajstić information content (AvgIpc) is 2.33. The zero-order valence-corrected chi connectivity index (χ0v) is 12.9. The lowest BCUT2D eigenvalue weighted by atomic mass is 9.94. The van der Waals surface area contributed by atoms with Crippen LogP contribution in [0.1, 0.15) is 46.0 Å². The van der Waals surface area contributed by atoms with Gasteiger partial charge in [0, 0.05) is 18.6 Å². The van der Waals surface area contributed by atoms with E-state index >= 15 is 0 Å². The monoisotopic (exact) mass is 255 g/mol. The van der Waals surface area contributed by atoms with Crippen molar-refractivity contribution in [3.8, 4) is 0 Å². The van der Waals surface area contributed by atoms with Crippen LogP contribution in [0.25, 0.3) is 0 Å². The van der Waals surface area contributed by atoms with Crippen LogP contribution in [0.4, 0.5) is 0 Å². The predicted molar refractivity (Wildman–Crippen MR) is 79.8 cm³/mol. The van der Waals surface area contributed by atoms with Crippen molar-refractivity contribution in [3.63, 3.8) is 0 Å². The molecule has 0 radical (unpaired) electrons. The number of likely N-dealkylation sites (tertiary alicyclic amines) is 1. The lowest BCUT2D eigenvalue weighted by molar-refractivity contribution is 0.133. The van der Waals surface area contributed by atoms with Gasteiger partial charge >= 0.3 is 0 Å². The fourth-order valence-electron chi connectivity index (χ4n) is 3.25. The first-order valence-electron chi connectivity index (χ1n) is 7.72. The van der Waals surface area contributed by atoms with E-state index in [-0.39, 0.29) is 0 Å². The molecule has 18 heavy (non-hydrogen) atoms. The van der Waals surface area contributed by atoms with E-state index in [4.69, 9.17) is 5.73 Å². The van der Waals surface area contributed by atoms with Crippen molar-refractivity contribution < 1.29 is 0 Å². The number of nitrogens with two attached hydrogens (primary N) is 1. The average molecular weight is 255 g/mol. The van der Waals surface area contributed by atoms with Gasteiger partial charge in [-0.2, -0.15) is 0 Å². The minimum atomic E-state index is 0.344. The maximum Gasteiger partial charge on any atom is 0.0241 e. The Hall–Kier alpha value is -0.120. The molecule has 1 saturated heterocycles. The van der Waals surface area contributed by atoms with E-state index < -0.39 is 0 Å². The van der Waals surface area contributed by atoms with E-state index in [1.54, 1.807) is 0 Å². The van der Waals surface area contributed by atoms with Gasteiger partial charge in [0.25, 0.3) is 0 Å². The van der Waals surface area contributed by atoms with Crippen molar-refractivity contribution >= 4 is 0 Å². The van der Waals surface area contributed by atoms with Crippen LogP contribution in [-0.4, -0.2) is 55.6 Å². The Kier molecular flexibility index (Phi) is 7.20. The third-order valence-electron chi connectivity index (χ3n) is 4.48. The van der Waals surface area contributed by atoms with Gasteiger partial charge in [-0.1, -0.05) is 20.3 Å². The standard InChI is InChI=1S/C15H33N3/c1-5-7-14(16)15(6-2)18(4)12-13-8-10-17(3)11-9-13/h13-15H,5-12,16H2,1-4H3. The van der Waals surface area contributed by atoms with Crippen LogP contribution in [0.2, 0.25) is 0 Å². The number of hydrogen-bond acceptors (Lipinski definition) is 3. The van der Waals surface area contributed by atoms with Crippen molar-refractivity contribution in [2.45, 2.75) is 58.0 Å². The molecule has 0 aromatic carbocycles. The molecule has 3 heteroatoms. The molecule has 1 aliphatic heterocycles. The van der Waals surface area contributed by atoms with Crippen molar-refractivity contribution in [1.29, 1.82) is 0 Å². The summed E-state index contributed by atoms with van der Waals surface area (Å²) in [6.07, 6.45) is 6.21. The molecule has 0 aromatic heterocycles. The Bertz CT molecular complexity index is 212. The molecule has 0 saturated carbocycles.